The first kappa shape index (κ1) is 20.1. The van der Waals surface area contributed by atoms with Crippen LogP contribution in [0.1, 0.15) is 19.4 Å². The third-order valence-electron chi connectivity index (χ3n) is 3.98. The number of amides is 2. The van der Waals surface area contributed by atoms with Crippen LogP contribution in [0.4, 0.5) is 5.69 Å². The molecule has 1 atom stereocenters. The molecule has 6 nitrogen and oxygen atoms in total. The van der Waals surface area contributed by atoms with E-state index in [9.17, 15) is 9.59 Å². The monoisotopic (exact) mass is 335 g/mol. The molecule has 0 unspecified atom stereocenters. The van der Waals surface area contributed by atoms with E-state index >= 15 is 0 Å². The fourth-order valence-electron chi connectivity index (χ4n) is 2.17. The maximum Gasteiger partial charge on any atom is 0.241 e. The molecule has 0 aliphatic heterocycles. The molecule has 0 aliphatic carbocycles. The number of methoxy groups -OCH3 is 1. The Morgan fingerprint density at radius 3 is 2.33 bits per heavy atom. The number of hydrogen-bond donors (Lipinski definition) is 1. The number of hydrogen-bond acceptors (Lipinski definition) is 4. The number of carbonyl (C=O) groups is 2. The summed E-state index contributed by atoms with van der Waals surface area (Å²) in [6.45, 7) is 5.04. The second-order valence-corrected chi connectivity index (χ2v) is 5.97. The van der Waals surface area contributed by atoms with Gasteiger partial charge in [0.25, 0.3) is 0 Å². The number of likely N-dealkylation sites (N-methyl/N-ethyl adjacent to an activating group) is 1. The highest BCUT2D eigenvalue weighted by atomic mass is 16.5. The lowest BCUT2D eigenvalue weighted by molar-refractivity contribution is -0.131. The minimum atomic E-state index is -0.435. The van der Waals surface area contributed by atoms with Crippen molar-refractivity contribution in [1.82, 2.24) is 9.80 Å². The van der Waals surface area contributed by atoms with Gasteiger partial charge >= 0.3 is 0 Å². The van der Waals surface area contributed by atoms with E-state index in [2.05, 4.69) is 12.2 Å². The van der Waals surface area contributed by atoms with Gasteiger partial charge in [0, 0.05) is 33.4 Å². The van der Waals surface area contributed by atoms with Crippen LogP contribution in [0.5, 0.6) is 0 Å². The quantitative estimate of drug-likeness (QED) is 0.745. The van der Waals surface area contributed by atoms with Gasteiger partial charge in [0.1, 0.15) is 0 Å². The Morgan fingerprint density at radius 1 is 1.21 bits per heavy atom. The normalized spacial score (nSPS) is 12.1. The first-order valence-corrected chi connectivity index (χ1v) is 8.22. The molecule has 1 aromatic rings. The Bertz CT molecular complexity index is 529. The number of carbonyl (C=O) groups excluding carboxylic acids is 2. The van der Waals surface area contributed by atoms with Crippen molar-refractivity contribution < 1.29 is 14.3 Å². The molecule has 0 heterocycles. The Labute approximate surface area is 144 Å². The zero-order valence-corrected chi connectivity index (χ0v) is 15.3. The van der Waals surface area contributed by atoms with Crippen LogP contribution >= 0.6 is 0 Å². The predicted molar refractivity (Wildman–Crippen MR) is 96.1 cm³/mol. The molecule has 0 aromatic heterocycles. The van der Waals surface area contributed by atoms with E-state index in [0.717, 1.165) is 12.1 Å². The van der Waals surface area contributed by atoms with Crippen LogP contribution in [-0.4, -0.2) is 68.6 Å². The fraction of sp³-hybridized carbons (Fsp3) is 0.556. The van der Waals surface area contributed by atoms with Crippen molar-refractivity contribution in [2.45, 2.75) is 26.3 Å². The third-order valence-corrected chi connectivity index (χ3v) is 3.98. The topological polar surface area (TPSA) is 61.9 Å². The number of anilines is 1. The summed E-state index contributed by atoms with van der Waals surface area (Å²) in [4.78, 5) is 27.8. The lowest BCUT2D eigenvalue weighted by Crippen LogP contribution is -2.48. The zero-order chi connectivity index (χ0) is 18.1. The zero-order valence-electron chi connectivity index (χ0n) is 15.3. The van der Waals surface area contributed by atoms with Gasteiger partial charge in [0.05, 0.1) is 19.2 Å². The summed E-state index contributed by atoms with van der Waals surface area (Å²) in [6, 6.07) is 7.36. The van der Waals surface area contributed by atoms with Crippen LogP contribution in [0.15, 0.2) is 24.3 Å². The summed E-state index contributed by atoms with van der Waals surface area (Å²) in [7, 11) is 5.01. The van der Waals surface area contributed by atoms with Crippen LogP contribution in [0.2, 0.25) is 0 Å². The van der Waals surface area contributed by atoms with Gasteiger partial charge in [-0.2, -0.15) is 0 Å². The lowest BCUT2D eigenvalue weighted by Gasteiger charge is -2.28. The number of nitrogens with zero attached hydrogens (tertiary/aromatic N) is 2. The van der Waals surface area contributed by atoms with E-state index in [-0.39, 0.29) is 18.4 Å². The number of rotatable bonds is 9. The van der Waals surface area contributed by atoms with Gasteiger partial charge in [-0.1, -0.05) is 19.1 Å². The Kier molecular flexibility index (Phi) is 8.43. The third kappa shape index (κ3) is 6.29. The number of aryl methyl sites for hydroxylation is 1. The van der Waals surface area contributed by atoms with Gasteiger partial charge in [-0.3, -0.25) is 14.5 Å². The minimum Gasteiger partial charge on any atom is -0.383 e. The number of nitrogens with one attached hydrogen (secondary N) is 1. The molecule has 0 bridgehead atoms. The minimum absolute atomic E-state index is 0.0435. The van der Waals surface area contributed by atoms with Crippen molar-refractivity contribution in [1.29, 1.82) is 0 Å². The molecule has 0 fully saturated rings. The second-order valence-electron chi connectivity index (χ2n) is 5.97. The molecule has 6 heteroatoms. The van der Waals surface area contributed by atoms with E-state index in [1.165, 1.54) is 10.5 Å². The first-order chi connectivity index (χ1) is 11.4. The summed E-state index contributed by atoms with van der Waals surface area (Å²) in [5.41, 5.74) is 1.98. The summed E-state index contributed by atoms with van der Waals surface area (Å²) in [6.07, 6.45) is 0.960. The Hall–Kier alpha value is -1.92. The van der Waals surface area contributed by atoms with Gasteiger partial charge in [0.2, 0.25) is 11.8 Å². The summed E-state index contributed by atoms with van der Waals surface area (Å²) < 4.78 is 5.09. The lowest BCUT2D eigenvalue weighted by atomic mass is 10.1. The molecule has 1 aromatic carbocycles. The maximum atomic E-state index is 12.5. The predicted octanol–water partition coefficient (Wildman–Crippen LogP) is 1.61. The van der Waals surface area contributed by atoms with Crippen LogP contribution in [0.3, 0.4) is 0 Å². The van der Waals surface area contributed by atoms with Gasteiger partial charge < -0.3 is 15.0 Å². The molecular formula is C18H29N3O3. The van der Waals surface area contributed by atoms with Crippen molar-refractivity contribution in [3.8, 4) is 0 Å². The highest BCUT2D eigenvalue weighted by molar-refractivity contribution is 5.95. The highest BCUT2D eigenvalue weighted by Crippen LogP contribution is 2.11. The molecule has 0 aliphatic rings. The van der Waals surface area contributed by atoms with Crippen molar-refractivity contribution in [2.24, 2.45) is 0 Å². The highest BCUT2D eigenvalue weighted by Gasteiger charge is 2.24. The summed E-state index contributed by atoms with van der Waals surface area (Å²) in [5.74, 6) is -0.181. The van der Waals surface area contributed by atoms with Crippen molar-refractivity contribution in [2.75, 3.05) is 46.2 Å². The average Bonchev–Trinajstić information content (AvgIpc) is 2.58. The van der Waals surface area contributed by atoms with Crippen LogP contribution < -0.4 is 5.32 Å². The molecule has 1 N–H and O–H groups in total. The molecule has 0 saturated heterocycles. The van der Waals surface area contributed by atoms with Crippen LogP contribution in [0.25, 0.3) is 0 Å². The van der Waals surface area contributed by atoms with Gasteiger partial charge in [-0.05, 0) is 31.0 Å². The Morgan fingerprint density at radius 2 is 1.83 bits per heavy atom. The molecule has 0 spiro atoms. The molecule has 0 saturated carbocycles. The van der Waals surface area contributed by atoms with Gasteiger partial charge in [-0.25, -0.2) is 0 Å². The summed E-state index contributed by atoms with van der Waals surface area (Å²) >= 11 is 0. The fourth-order valence-corrected chi connectivity index (χ4v) is 2.17. The van der Waals surface area contributed by atoms with Crippen molar-refractivity contribution in [3.63, 3.8) is 0 Å². The summed E-state index contributed by atoms with van der Waals surface area (Å²) in [5, 5.41) is 2.91. The molecule has 1 rings (SSSR count). The van der Waals surface area contributed by atoms with Crippen LogP contribution in [-0.2, 0) is 20.7 Å². The largest absolute Gasteiger partial charge is 0.383 e. The second kappa shape index (κ2) is 10.1. The molecule has 134 valence electrons. The molecular weight excluding hydrogens is 306 g/mol. The Balaban J connectivity index is 2.73. The average molecular weight is 335 g/mol. The van der Waals surface area contributed by atoms with E-state index < -0.39 is 6.04 Å². The smallest absolute Gasteiger partial charge is 0.241 e. The van der Waals surface area contributed by atoms with Gasteiger partial charge in [-0.15, -0.1) is 0 Å². The molecule has 0 radical (unpaired) electrons. The van der Waals surface area contributed by atoms with E-state index in [0.29, 0.717) is 13.2 Å². The number of benzene rings is 1. The van der Waals surface area contributed by atoms with Crippen LogP contribution in [0, 0.1) is 0 Å². The molecule has 24 heavy (non-hydrogen) atoms. The standard InChI is InChI=1S/C18H29N3O3/c1-6-15-7-9-16(10-8-15)19-18(23)14(2)21(11-12-24-5)13-17(22)20(3)4/h7-10,14H,6,11-13H2,1-5H3,(H,19,23)/t14-/m1/s1. The molecule has 2 amide bonds. The SMILES string of the molecule is CCc1ccc(NC(=O)[C@@H](C)N(CCOC)CC(=O)N(C)C)cc1. The number of ether oxygens (including phenoxy) is 1. The van der Waals surface area contributed by atoms with E-state index in [1.54, 1.807) is 28.1 Å². The van der Waals surface area contributed by atoms with Gasteiger partial charge in [0.15, 0.2) is 0 Å². The van der Waals surface area contributed by atoms with Crippen molar-refractivity contribution in [3.05, 3.63) is 29.8 Å². The van der Waals surface area contributed by atoms with Crippen molar-refractivity contribution >= 4 is 17.5 Å². The van der Waals surface area contributed by atoms with E-state index in [1.807, 2.05) is 29.2 Å². The maximum absolute atomic E-state index is 12.5. The first-order valence-electron chi connectivity index (χ1n) is 8.22. The van der Waals surface area contributed by atoms with E-state index in [4.69, 9.17) is 4.74 Å².